The van der Waals surface area contributed by atoms with E-state index in [0.29, 0.717) is 0 Å². The van der Waals surface area contributed by atoms with Crippen LogP contribution in [0.15, 0.2) is 29.3 Å². The number of nitrogens with two attached hydrogens (primary N) is 3. The number of halogens is 2. The van der Waals surface area contributed by atoms with Crippen molar-refractivity contribution in [3.63, 3.8) is 0 Å². The van der Waals surface area contributed by atoms with Crippen molar-refractivity contribution < 1.29 is 4.39 Å². The van der Waals surface area contributed by atoms with Gasteiger partial charge in [-0.25, -0.2) is 23.9 Å². The van der Waals surface area contributed by atoms with Gasteiger partial charge in [0.25, 0.3) is 5.56 Å². The summed E-state index contributed by atoms with van der Waals surface area (Å²) >= 11 is 6.18. The molecule has 0 saturated heterocycles. The average Bonchev–Trinajstić information content (AvgIpc) is 2.76. The lowest BCUT2D eigenvalue weighted by atomic mass is 10.2. The molecule has 0 fully saturated rings. The minimum atomic E-state index is -0.833. The van der Waals surface area contributed by atoms with Crippen molar-refractivity contribution in [2.45, 2.75) is 13.0 Å². The van der Waals surface area contributed by atoms with Gasteiger partial charge in [-0.2, -0.15) is 15.2 Å². The highest BCUT2D eigenvalue weighted by atomic mass is 35.5. The van der Waals surface area contributed by atoms with Crippen LogP contribution in [0.5, 0.6) is 0 Å². The first-order valence-corrected chi connectivity index (χ1v) is 9.67. The summed E-state index contributed by atoms with van der Waals surface area (Å²) in [7, 11) is 0. The molecule has 0 radical (unpaired) electrons. The number of rotatable bonds is 4. The molecule has 0 amide bonds. The van der Waals surface area contributed by atoms with Crippen molar-refractivity contribution >= 4 is 45.9 Å². The molecule has 0 aliphatic carbocycles. The number of fused-ring (bicyclic) bond motifs is 1. The first-order chi connectivity index (χ1) is 15.7. The van der Waals surface area contributed by atoms with Crippen LogP contribution in [0.4, 0.5) is 27.8 Å². The van der Waals surface area contributed by atoms with Crippen LogP contribution >= 0.6 is 11.6 Å². The number of nitrogens with zero attached hydrogens (tertiary/aromatic N) is 7. The van der Waals surface area contributed by atoms with Crippen molar-refractivity contribution in [3.8, 4) is 11.9 Å². The van der Waals surface area contributed by atoms with Gasteiger partial charge in [0, 0.05) is 0 Å². The smallest absolute Gasteiger partial charge is 0.268 e. The Hall–Kier alpha value is -4.57. The van der Waals surface area contributed by atoms with Crippen LogP contribution in [0, 0.1) is 17.1 Å². The molecule has 7 N–H and O–H groups in total. The van der Waals surface area contributed by atoms with Crippen molar-refractivity contribution in [2.24, 2.45) is 0 Å². The van der Waals surface area contributed by atoms with Crippen LogP contribution in [0.25, 0.3) is 16.7 Å². The highest BCUT2D eigenvalue weighted by Crippen LogP contribution is 2.27. The van der Waals surface area contributed by atoms with Gasteiger partial charge < -0.3 is 22.5 Å². The van der Waals surface area contributed by atoms with E-state index < -0.39 is 17.4 Å². The summed E-state index contributed by atoms with van der Waals surface area (Å²) in [6.07, 6.45) is 2.51. The third-order valence-electron chi connectivity index (χ3n) is 4.64. The van der Waals surface area contributed by atoms with Crippen molar-refractivity contribution in [3.05, 3.63) is 57.1 Å². The molecule has 0 unspecified atom stereocenters. The minimum absolute atomic E-state index is 0.00542. The zero-order chi connectivity index (χ0) is 23.9. The molecule has 4 rings (SSSR count). The molecule has 12 nitrogen and oxygen atoms in total. The molecular weight excluding hydrogens is 453 g/mol. The average molecular weight is 468 g/mol. The van der Waals surface area contributed by atoms with Gasteiger partial charge in [-0.1, -0.05) is 11.6 Å². The standard InChI is InChI=1S/C19H15ClFN11O/c1-7(28-16-8(4-22)15(24)30-19(25)31-16)17-29-14-10(21)3-2-9(20)13(14)18(33)32(17)12-6-26-11(23)5-27-12/h2-3,5-7H,1H3,(H2,23,26)(H5,24,25,28,30,31)/t7-/m0/s1. The summed E-state index contributed by atoms with van der Waals surface area (Å²) in [6.45, 7) is 1.60. The van der Waals surface area contributed by atoms with Crippen LogP contribution in [0.1, 0.15) is 24.4 Å². The molecule has 0 bridgehead atoms. The number of anilines is 4. The van der Waals surface area contributed by atoms with E-state index in [0.717, 1.165) is 10.6 Å². The molecule has 1 atom stereocenters. The van der Waals surface area contributed by atoms with Gasteiger partial charge in [-0.3, -0.25) is 4.79 Å². The summed E-state index contributed by atoms with van der Waals surface area (Å²) in [5.74, 6) is -0.835. The van der Waals surface area contributed by atoms with Crippen molar-refractivity contribution in [1.29, 1.82) is 5.26 Å². The molecule has 33 heavy (non-hydrogen) atoms. The Balaban J connectivity index is 1.98. The summed E-state index contributed by atoms with van der Waals surface area (Å²) < 4.78 is 15.7. The predicted octanol–water partition coefficient (Wildman–Crippen LogP) is 1.55. The maximum Gasteiger partial charge on any atom is 0.268 e. The van der Waals surface area contributed by atoms with E-state index in [2.05, 4.69) is 30.2 Å². The fourth-order valence-electron chi connectivity index (χ4n) is 3.17. The maximum atomic E-state index is 14.6. The zero-order valence-corrected chi connectivity index (χ0v) is 17.7. The van der Waals surface area contributed by atoms with Crippen LogP contribution < -0.4 is 28.1 Å². The van der Waals surface area contributed by atoms with Crippen molar-refractivity contribution in [2.75, 3.05) is 22.5 Å². The van der Waals surface area contributed by atoms with E-state index in [1.54, 1.807) is 6.92 Å². The summed E-state index contributed by atoms with van der Waals surface area (Å²) in [5.41, 5.74) is 16.0. The summed E-state index contributed by atoms with van der Waals surface area (Å²) in [6, 6.07) is 3.42. The summed E-state index contributed by atoms with van der Waals surface area (Å²) in [5, 5.41) is 12.2. The van der Waals surface area contributed by atoms with Gasteiger partial charge in [0.15, 0.2) is 11.6 Å². The first kappa shape index (κ1) is 21.7. The van der Waals surface area contributed by atoms with Gasteiger partial charge in [-0.15, -0.1) is 0 Å². The monoisotopic (exact) mass is 467 g/mol. The minimum Gasteiger partial charge on any atom is -0.382 e. The molecule has 1 aromatic carbocycles. The Morgan fingerprint density at radius 3 is 2.61 bits per heavy atom. The molecule has 166 valence electrons. The number of nitrogen functional groups attached to an aromatic ring is 3. The SMILES string of the molecule is C[C@H](Nc1nc(N)nc(N)c1C#N)c1nc2c(F)ccc(Cl)c2c(=O)n1-c1cnc(N)cn1. The fraction of sp³-hybridized carbons (Fsp3) is 0.105. The Morgan fingerprint density at radius 2 is 1.94 bits per heavy atom. The van der Waals surface area contributed by atoms with E-state index in [9.17, 15) is 14.4 Å². The number of aromatic nitrogens is 6. The number of nitriles is 1. The molecule has 0 saturated carbocycles. The molecule has 0 aliphatic rings. The lowest BCUT2D eigenvalue weighted by Gasteiger charge is -2.20. The quantitative estimate of drug-likeness (QED) is 0.339. The topological polar surface area (TPSA) is 200 Å². The molecule has 3 aromatic heterocycles. The maximum absolute atomic E-state index is 14.6. The molecule has 0 aliphatic heterocycles. The van der Waals surface area contributed by atoms with E-state index in [4.69, 9.17) is 28.8 Å². The van der Waals surface area contributed by atoms with Crippen LogP contribution in [0.2, 0.25) is 5.02 Å². The second kappa shape index (κ2) is 8.17. The third-order valence-corrected chi connectivity index (χ3v) is 4.96. The van der Waals surface area contributed by atoms with E-state index in [-0.39, 0.29) is 56.5 Å². The van der Waals surface area contributed by atoms with Gasteiger partial charge in [-0.05, 0) is 19.1 Å². The normalized spacial score (nSPS) is 11.8. The lowest BCUT2D eigenvalue weighted by molar-refractivity contribution is 0.631. The van der Waals surface area contributed by atoms with Crippen LogP contribution in [0.3, 0.4) is 0 Å². The Labute approximate surface area is 189 Å². The summed E-state index contributed by atoms with van der Waals surface area (Å²) in [4.78, 5) is 33.6. The number of nitrogens with one attached hydrogen (secondary N) is 1. The highest BCUT2D eigenvalue weighted by molar-refractivity contribution is 6.35. The third kappa shape index (κ3) is 3.79. The van der Waals surface area contributed by atoms with Gasteiger partial charge >= 0.3 is 0 Å². The second-order valence-corrected chi connectivity index (χ2v) is 7.24. The largest absolute Gasteiger partial charge is 0.382 e. The van der Waals surface area contributed by atoms with Crippen LogP contribution in [-0.4, -0.2) is 29.5 Å². The predicted molar refractivity (Wildman–Crippen MR) is 120 cm³/mol. The fourth-order valence-corrected chi connectivity index (χ4v) is 3.41. The number of benzene rings is 1. The lowest BCUT2D eigenvalue weighted by Crippen LogP contribution is -2.29. The van der Waals surface area contributed by atoms with Gasteiger partial charge in [0.2, 0.25) is 5.95 Å². The van der Waals surface area contributed by atoms with Crippen LogP contribution in [-0.2, 0) is 0 Å². The molecule has 0 spiro atoms. The molecule has 3 heterocycles. The second-order valence-electron chi connectivity index (χ2n) is 6.83. The van der Waals surface area contributed by atoms with E-state index in [1.165, 1.54) is 18.5 Å². The molecule has 4 aromatic rings. The zero-order valence-electron chi connectivity index (χ0n) is 16.9. The number of hydrogen-bond donors (Lipinski definition) is 4. The Kier molecular flexibility index (Phi) is 5.36. The van der Waals surface area contributed by atoms with E-state index in [1.807, 2.05) is 6.07 Å². The molecular formula is C19H15ClFN11O. The first-order valence-electron chi connectivity index (χ1n) is 9.29. The van der Waals surface area contributed by atoms with Crippen molar-refractivity contribution in [1.82, 2.24) is 29.5 Å². The van der Waals surface area contributed by atoms with E-state index >= 15 is 0 Å². The van der Waals surface area contributed by atoms with Gasteiger partial charge in [0.1, 0.15) is 40.4 Å². The molecule has 14 heteroatoms. The number of hydrogen-bond acceptors (Lipinski definition) is 11. The highest BCUT2D eigenvalue weighted by Gasteiger charge is 2.23. The van der Waals surface area contributed by atoms with Gasteiger partial charge in [0.05, 0.1) is 28.8 Å². The Bertz CT molecular complexity index is 1500. The Morgan fingerprint density at radius 1 is 1.18 bits per heavy atom.